The van der Waals surface area contributed by atoms with Gasteiger partial charge in [-0.15, -0.1) is 0 Å². The van der Waals surface area contributed by atoms with Crippen LogP contribution in [0.4, 0.5) is 0 Å². The minimum Gasteiger partial charge on any atom is -0.473 e. The van der Waals surface area contributed by atoms with Crippen LogP contribution in [0.5, 0.6) is 0 Å². The third kappa shape index (κ3) is 9.20. The van der Waals surface area contributed by atoms with E-state index < -0.39 is 12.2 Å². The second-order valence-electron chi connectivity index (χ2n) is 2.27. The van der Waals surface area contributed by atoms with Crippen LogP contribution in [-0.2, 0) is 4.74 Å². The maximum absolute atomic E-state index is 8.72. The van der Waals surface area contributed by atoms with Crippen LogP contribution >= 0.6 is 0 Å². The smallest absolute Gasteiger partial charge is 0.0886 e. The zero-order valence-electron chi connectivity index (χ0n) is 6.77. The summed E-state index contributed by atoms with van der Waals surface area (Å²) in [4.78, 5) is 0. The van der Waals surface area contributed by atoms with E-state index in [-0.39, 0.29) is 0 Å². The van der Waals surface area contributed by atoms with Gasteiger partial charge in [-0.3, -0.25) is 0 Å². The Labute approximate surface area is 66.6 Å². The molecule has 11 heavy (non-hydrogen) atoms. The summed E-state index contributed by atoms with van der Waals surface area (Å²) in [6.45, 7) is 3.25. The van der Waals surface area contributed by atoms with E-state index >= 15 is 0 Å². The van der Waals surface area contributed by atoms with Crippen molar-refractivity contribution >= 4 is 0 Å². The summed E-state index contributed by atoms with van der Waals surface area (Å²) < 4.78 is 4.77. The quantitative estimate of drug-likeness (QED) is 0.595. The number of aliphatic hydroxyl groups excluding tert-OH is 2. The maximum Gasteiger partial charge on any atom is 0.0886 e. The average molecular weight is 158 g/mol. The first-order chi connectivity index (χ1) is 5.13. The second-order valence-corrected chi connectivity index (χ2v) is 2.27. The highest BCUT2D eigenvalue weighted by Gasteiger charge is 1.84. The van der Waals surface area contributed by atoms with Crippen LogP contribution in [0.25, 0.3) is 0 Å². The van der Waals surface area contributed by atoms with Crippen molar-refractivity contribution in [3.8, 4) is 0 Å². The van der Waals surface area contributed by atoms with Crippen molar-refractivity contribution in [1.29, 1.82) is 0 Å². The van der Waals surface area contributed by atoms with E-state index in [4.69, 9.17) is 14.9 Å². The first kappa shape index (κ1) is 10.2. The molecule has 2 unspecified atom stereocenters. The Kier molecular flexibility index (Phi) is 5.51. The fraction of sp³-hybridized carbons (Fsp3) is 0.500. The lowest BCUT2D eigenvalue weighted by Crippen LogP contribution is -1.93. The van der Waals surface area contributed by atoms with Gasteiger partial charge in [0.2, 0.25) is 0 Å². The van der Waals surface area contributed by atoms with E-state index in [2.05, 4.69) is 0 Å². The molecule has 0 fully saturated rings. The van der Waals surface area contributed by atoms with Crippen molar-refractivity contribution in [2.75, 3.05) is 0 Å². The minimum atomic E-state index is -0.505. The van der Waals surface area contributed by atoms with E-state index in [1.54, 1.807) is 13.8 Å². The zero-order valence-corrected chi connectivity index (χ0v) is 6.77. The molecule has 0 bridgehead atoms. The van der Waals surface area contributed by atoms with E-state index in [1.165, 1.54) is 24.7 Å². The number of ether oxygens (including phenoxy) is 1. The second kappa shape index (κ2) is 5.95. The predicted octanol–water partition coefficient (Wildman–Crippen LogP) is 0.792. The summed E-state index contributed by atoms with van der Waals surface area (Å²) in [6.07, 6.45) is 4.70. The molecule has 0 saturated carbocycles. The molecule has 0 aromatic rings. The monoisotopic (exact) mass is 158 g/mol. The molecule has 2 N–H and O–H groups in total. The van der Waals surface area contributed by atoms with Gasteiger partial charge in [-0.1, -0.05) is 0 Å². The van der Waals surface area contributed by atoms with Gasteiger partial charge in [-0.05, 0) is 26.0 Å². The molecule has 64 valence electrons. The standard InChI is InChI=1S/C8H14O3/c1-7(9)3-5-11-6-4-8(2)10/h3-10H,1-2H3/b5-3+,6-4+. The molecular formula is C8H14O3. The highest BCUT2D eigenvalue weighted by Crippen LogP contribution is 1.87. The van der Waals surface area contributed by atoms with Crippen molar-refractivity contribution in [1.82, 2.24) is 0 Å². The zero-order chi connectivity index (χ0) is 8.69. The third-order valence-corrected chi connectivity index (χ3v) is 0.871. The van der Waals surface area contributed by atoms with Crippen LogP contribution in [-0.4, -0.2) is 22.4 Å². The van der Waals surface area contributed by atoms with Gasteiger partial charge in [-0.2, -0.15) is 0 Å². The summed E-state index contributed by atoms with van der Waals surface area (Å²) >= 11 is 0. The van der Waals surface area contributed by atoms with Gasteiger partial charge in [0.1, 0.15) is 0 Å². The summed E-state index contributed by atoms with van der Waals surface area (Å²) in [6, 6.07) is 0. The lowest BCUT2D eigenvalue weighted by Gasteiger charge is -1.94. The number of aliphatic hydroxyl groups is 2. The van der Waals surface area contributed by atoms with Crippen LogP contribution in [0.1, 0.15) is 13.8 Å². The molecule has 0 saturated heterocycles. The van der Waals surface area contributed by atoms with Crippen LogP contribution in [0.2, 0.25) is 0 Å². The van der Waals surface area contributed by atoms with Crippen molar-refractivity contribution in [2.45, 2.75) is 26.1 Å². The predicted molar refractivity (Wildman–Crippen MR) is 42.7 cm³/mol. The summed E-state index contributed by atoms with van der Waals surface area (Å²) in [5.41, 5.74) is 0. The topological polar surface area (TPSA) is 49.7 Å². The number of hydrogen-bond acceptors (Lipinski definition) is 3. The molecule has 0 heterocycles. The summed E-state index contributed by atoms with van der Waals surface area (Å²) in [5.74, 6) is 0. The fourth-order valence-electron chi connectivity index (χ4n) is 0.363. The van der Waals surface area contributed by atoms with E-state index in [9.17, 15) is 0 Å². The molecule has 3 nitrogen and oxygen atoms in total. The summed E-state index contributed by atoms with van der Waals surface area (Å²) in [5, 5.41) is 17.4. The Hall–Kier alpha value is -0.800. The maximum atomic E-state index is 8.72. The molecule has 0 aliphatic heterocycles. The van der Waals surface area contributed by atoms with Crippen LogP contribution in [0.15, 0.2) is 24.7 Å². The lowest BCUT2D eigenvalue weighted by atomic mass is 10.4. The molecule has 0 rings (SSSR count). The molecule has 0 spiro atoms. The fourth-order valence-corrected chi connectivity index (χ4v) is 0.363. The highest BCUT2D eigenvalue weighted by atomic mass is 16.5. The molecule has 0 aliphatic rings. The lowest BCUT2D eigenvalue weighted by molar-refractivity contribution is 0.234. The largest absolute Gasteiger partial charge is 0.473 e. The van der Waals surface area contributed by atoms with Gasteiger partial charge >= 0.3 is 0 Å². The van der Waals surface area contributed by atoms with Gasteiger partial charge in [-0.25, -0.2) is 0 Å². The Morgan fingerprint density at radius 3 is 1.64 bits per heavy atom. The molecule has 2 atom stereocenters. The van der Waals surface area contributed by atoms with Crippen LogP contribution < -0.4 is 0 Å². The molecule has 0 radical (unpaired) electrons. The van der Waals surface area contributed by atoms with Gasteiger partial charge in [0.15, 0.2) is 0 Å². The Morgan fingerprint density at radius 1 is 1.00 bits per heavy atom. The molecule has 0 amide bonds. The van der Waals surface area contributed by atoms with Crippen molar-refractivity contribution < 1.29 is 14.9 Å². The van der Waals surface area contributed by atoms with E-state index in [0.29, 0.717) is 0 Å². The van der Waals surface area contributed by atoms with Crippen molar-refractivity contribution in [3.05, 3.63) is 24.7 Å². The number of hydrogen-bond donors (Lipinski definition) is 2. The van der Waals surface area contributed by atoms with Crippen molar-refractivity contribution in [3.63, 3.8) is 0 Å². The van der Waals surface area contributed by atoms with Gasteiger partial charge in [0, 0.05) is 0 Å². The minimum absolute atomic E-state index is 0.505. The molecule has 0 aliphatic carbocycles. The van der Waals surface area contributed by atoms with Gasteiger partial charge < -0.3 is 14.9 Å². The van der Waals surface area contributed by atoms with Gasteiger partial charge in [0.25, 0.3) is 0 Å². The number of rotatable bonds is 4. The third-order valence-electron chi connectivity index (χ3n) is 0.871. The van der Waals surface area contributed by atoms with Crippen LogP contribution in [0, 0.1) is 0 Å². The van der Waals surface area contributed by atoms with E-state index in [0.717, 1.165) is 0 Å². The Bertz CT molecular complexity index is 120. The molecule has 0 aromatic heterocycles. The molecule has 3 heteroatoms. The average Bonchev–Trinajstić information content (AvgIpc) is 1.85. The Balaban J connectivity index is 3.41. The van der Waals surface area contributed by atoms with Crippen LogP contribution in [0.3, 0.4) is 0 Å². The summed E-state index contributed by atoms with van der Waals surface area (Å²) in [7, 11) is 0. The highest BCUT2D eigenvalue weighted by molar-refractivity contribution is 4.85. The van der Waals surface area contributed by atoms with E-state index in [1.807, 2.05) is 0 Å². The first-order valence-corrected chi connectivity index (χ1v) is 3.48. The SMILES string of the molecule is CC(O)/C=C/O/C=C/C(C)O. The molecule has 0 aromatic carbocycles. The first-order valence-electron chi connectivity index (χ1n) is 3.48. The normalized spacial score (nSPS) is 17.5. The van der Waals surface area contributed by atoms with Gasteiger partial charge in [0.05, 0.1) is 24.7 Å². The Morgan fingerprint density at radius 2 is 1.36 bits per heavy atom. The van der Waals surface area contributed by atoms with Crippen molar-refractivity contribution in [2.24, 2.45) is 0 Å². The molecular weight excluding hydrogens is 144 g/mol.